The van der Waals surface area contributed by atoms with Crippen LogP contribution in [0.25, 0.3) is 0 Å². The summed E-state index contributed by atoms with van der Waals surface area (Å²) >= 11 is 0. The van der Waals surface area contributed by atoms with E-state index in [0.29, 0.717) is 11.5 Å². The van der Waals surface area contributed by atoms with Gasteiger partial charge in [0.15, 0.2) is 17.5 Å². The fraction of sp³-hybridized carbons (Fsp3) is 0.444. The van der Waals surface area contributed by atoms with E-state index in [2.05, 4.69) is 90.8 Å². The number of aliphatic hydroxyl groups is 3. The van der Waals surface area contributed by atoms with E-state index in [0.717, 1.165) is 6.42 Å². The highest BCUT2D eigenvalue weighted by Crippen LogP contribution is 2.69. The largest absolute Gasteiger partial charge is 0.445 e. The molecule has 0 aromatic rings. The Hall–Kier alpha value is -4.58. The summed E-state index contributed by atoms with van der Waals surface area (Å²) in [5.74, 6) is 29.5. The molecular formula is C36H30O6. The van der Waals surface area contributed by atoms with Crippen molar-refractivity contribution in [3.8, 4) is 83.4 Å². The summed E-state index contributed by atoms with van der Waals surface area (Å²) in [7, 11) is 0. The summed E-state index contributed by atoms with van der Waals surface area (Å²) in [5, 5.41) is 34.1. The number of ketones is 1. The van der Waals surface area contributed by atoms with Gasteiger partial charge in [0.25, 0.3) is 0 Å². The molecule has 4 rings (SSSR count). The van der Waals surface area contributed by atoms with Gasteiger partial charge in [0, 0.05) is 11.8 Å². The van der Waals surface area contributed by atoms with E-state index in [-0.39, 0.29) is 35.0 Å². The molecule has 6 heteroatoms. The molecule has 2 saturated carbocycles. The molecule has 3 N–H and O–H groups in total. The van der Waals surface area contributed by atoms with Crippen LogP contribution in [0.5, 0.6) is 0 Å². The van der Waals surface area contributed by atoms with Gasteiger partial charge in [0.05, 0.1) is 12.0 Å². The number of carbonyl (C=O) groups excluding carboxylic acids is 2. The van der Waals surface area contributed by atoms with Crippen molar-refractivity contribution in [3.63, 3.8) is 0 Å². The van der Waals surface area contributed by atoms with Crippen molar-refractivity contribution in [2.24, 2.45) is 34.5 Å². The number of Topliss-reactive ketones (excluding diaryl/α,β-unsaturated/α-hetero) is 1. The topological polar surface area (TPSA) is 104 Å². The van der Waals surface area contributed by atoms with E-state index in [9.17, 15) is 24.9 Å². The highest BCUT2D eigenvalue weighted by Gasteiger charge is 2.73. The molecule has 8 atom stereocenters. The lowest BCUT2D eigenvalue weighted by molar-refractivity contribution is -0.196. The van der Waals surface area contributed by atoms with Crippen LogP contribution in [0, 0.1) is 118 Å². The van der Waals surface area contributed by atoms with Crippen LogP contribution >= 0.6 is 0 Å². The number of fused-ring (bicyclic) bond motifs is 3. The summed E-state index contributed by atoms with van der Waals surface area (Å²) in [4.78, 5) is 27.1. The molecule has 2 bridgehead atoms. The van der Waals surface area contributed by atoms with Gasteiger partial charge in [-0.1, -0.05) is 32.9 Å². The predicted octanol–water partition coefficient (Wildman–Crippen LogP) is 1.41. The number of rotatable bonds is 2. The Bertz CT molecular complexity index is 1700. The van der Waals surface area contributed by atoms with Crippen LogP contribution in [0.1, 0.15) is 40.5 Å². The van der Waals surface area contributed by atoms with E-state index in [1.807, 2.05) is 6.92 Å². The highest BCUT2D eigenvalue weighted by atomic mass is 16.6. The Morgan fingerprint density at radius 2 is 1.62 bits per heavy atom. The minimum atomic E-state index is -2.22. The van der Waals surface area contributed by atoms with Crippen molar-refractivity contribution in [1.82, 2.24) is 0 Å². The third-order valence-corrected chi connectivity index (χ3v) is 9.03. The zero-order chi connectivity index (χ0) is 30.7. The minimum absolute atomic E-state index is 0.0238. The fourth-order valence-electron chi connectivity index (χ4n) is 7.26. The van der Waals surface area contributed by atoms with Crippen molar-refractivity contribution in [3.05, 3.63) is 23.3 Å². The second-order valence-corrected chi connectivity index (χ2v) is 11.8. The second-order valence-electron chi connectivity index (χ2n) is 11.8. The Labute approximate surface area is 247 Å². The molecule has 42 heavy (non-hydrogen) atoms. The van der Waals surface area contributed by atoms with Crippen LogP contribution in [-0.4, -0.2) is 51.5 Å². The summed E-state index contributed by atoms with van der Waals surface area (Å²) in [6, 6.07) is 0. The molecule has 2 fully saturated rings. The Morgan fingerprint density at radius 3 is 2.19 bits per heavy atom. The predicted molar refractivity (Wildman–Crippen MR) is 155 cm³/mol. The average molecular weight is 559 g/mol. The van der Waals surface area contributed by atoms with Gasteiger partial charge in [-0.05, 0) is 125 Å². The van der Waals surface area contributed by atoms with Gasteiger partial charge in [-0.25, -0.2) is 4.79 Å². The van der Waals surface area contributed by atoms with Crippen molar-refractivity contribution < 1.29 is 29.6 Å². The maximum absolute atomic E-state index is 14.4. The van der Waals surface area contributed by atoms with Gasteiger partial charge >= 0.3 is 5.97 Å². The normalized spacial score (nSPS) is 34.1. The first-order valence-electron chi connectivity index (χ1n) is 13.6. The zero-order valence-electron chi connectivity index (χ0n) is 23.9. The standard InChI is InChI=1S/C36H30O6/c1-6-7-8-9-10-11-12-13-14-15-16-17-18-29(38)42-33-25(3)22-35-21-24(2)19-28-30(34(28,4)5)27(32(35)40)20-26(23-37)31(39)36(33,35)41/h1,20,22,24,27-28,30-31,33,37,39,41H,19,21,23H2,2-5H3. The van der Waals surface area contributed by atoms with Crippen LogP contribution in [0.2, 0.25) is 0 Å². The number of carbonyl (C=O) groups is 2. The number of aliphatic hydroxyl groups excluding tert-OH is 2. The molecule has 210 valence electrons. The number of esters is 1. The number of allylic oxidation sites excluding steroid dienone is 1. The monoisotopic (exact) mass is 558 g/mol. The third-order valence-electron chi connectivity index (χ3n) is 9.03. The molecule has 8 unspecified atom stereocenters. The Morgan fingerprint density at radius 1 is 1.05 bits per heavy atom. The van der Waals surface area contributed by atoms with Crippen LogP contribution < -0.4 is 0 Å². The van der Waals surface area contributed by atoms with Gasteiger partial charge in [-0.2, -0.15) is 0 Å². The number of hydrogen-bond donors (Lipinski definition) is 3. The zero-order valence-corrected chi connectivity index (χ0v) is 23.9. The molecular weight excluding hydrogens is 528 g/mol. The van der Waals surface area contributed by atoms with Crippen LogP contribution in [0.15, 0.2) is 23.3 Å². The number of ether oxygens (including phenoxy) is 1. The molecule has 0 aromatic heterocycles. The van der Waals surface area contributed by atoms with E-state index in [4.69, 9.17) is 11.2 Å². The smallest absolute Gasteiger partial charge is 0.386 e. The van der Waals surface area contributed by atoms with Gasteiger partial charge in [0.2, 0.25) is 0 Å². The molecule has 1 spiro atoms. The second kappa shape index (κ2) is 11.7. The average Bonchev–Trinajstić information content (AvgIpc) is 3.41. The minimum Gasteiger partial charge on any atom is -0.445 e. The van der Waals surface area contributed by atoms with Gasteiger partial charge < -0.3 is 20.1 Å². The quantitative estimate of drug-likeness (QED) is 0.205. The lowest BCUT2D eigenvalue weighted by atomic mass is 9.60. The van der Waals surface area contributed by atoms with Crippen LogP contribution in [-0.2, 0) is 14.3 Å². The SMILES string of the molecule is C#CC#CC#CC#CC#CC#CC#CC(=O)OC1C(C)=CC23CC(C)CC4C(C(C=C(CO)C(O)C12O)C3=O)C4(C)C. The first kappa shape index (κ1) is 30.4. The van der Waals surface area contributed by atoms with Crippen LogP contribution in [0.3, 0.4) is 0 Å². The van der Waals surface area contributed by atoms with Crippen molar-refractivity contribution in [2.45, 2.75) is 58.3 Å². The number of terminal acetylenes is 1. The lowest BCUT2D eigenvalue weighted by Crippen LogP contribution is -2.64. The molecule has 0 amide bonds. The van der Waals surface area contributed by atoms with Gasteiger partial charge in [-0.15, -0.1) is 6.42 Å². The Kier molecular flexibility index (Phi) is 8.48. The molecule has 6 nitrogen and oxygen atoms in total. The van der Waals surface area contributed by atoms with Crippen molar-refractivity contribution >= 4 is 11.8 Å². The first-order chi connectivity index (χ1) is 20.0. The fourth-order valence-corrected chi connectivity index (χ4v) is 7.26. The van der Waals surface area contributed by atoms with Crippen molar-refractivity contribution in [2.75, 3.05) is 6.61 Å². The van der Waals surface area contributed by atoms with Gasteiger partial charge in [-0.3, -0.25) is 4.79 Å². The molecule has 0 aliphatic heterocycles. The molecule has 4 aliphatic rings. The summed E-state index contributed by atoms with van der Waals surface area (Å²) in [6.45, 7) is 7.41. The van der Waals surface area contributed by atoms with Crippen molar-refractivity contribution in [1.29, 1.82) is 0 Å². The molecule has 0 saturated heterocycles. The van der Waals surface area contributed by atoms with E-state index >= 15 is 0 Å². The molecule has 0 aromatic carbocycles. The third kappa shape index (κ3) is 5.13. The Balaban J connectivity index is 1.59. The van der Waals surface area contributed by atoms with E-state index < -0.39 is 41.7 Å². The highest BCUT2D eigenvalue weighted by molar-refractivity contribution is 5.95. The van der Waals surface area contributed by atoms with Crippen LogP contribution in [0.4, 0.5) is 0 Å². The van der Waals surface area contributed by atoms with E-state index in [1.54, 1.807) is 19.1 Å². The molecule has 4 aliphatic carbocycles. The summed E-state index contributed by atoms with van der Waals surface area (Å²) < 4.78 is 5.62. The maximum atomic E-state index is 14.4. The first-order valence-corrected chi connectivity index (χ1v) is 13.6. The summed E-state index contributed by atoms with van der Waals surface area (Å²) in [6.07, 6.45) is 6.39. The molecule has 0 radical (unpaired) electrons. The summed E-state index contributed by atoms with van der Waals surface area (Å²) in [5.41, 5.74) is -3.25. The molecule has 0 heterocycles. The maximum Gasteiger partial charge on any atom is 0.386 e. The van der Waals surface area contributed by atoms with E-state index in [1.165, 1.54) is 0 Å². The lowest BCUT2D eigenvalue weighted by Gasteiger charge is -2.47. The van der Waals surface area contributed by atoms with Gasteiger partial charge in [0.1, 0.15) is 6.10 Å². The number of hydrogen-bond acceptors (Lipinski definition) is 6.